The summed E-state index contributed by atoms with van der Waals surface area (Å²) in [6.45, 7) is 0. The maximum Gasteiger partial charge on any atom is 0.369 e. The van der Waals surface area contributed by atoms with Crippen molar-refractivity contribution >= 4 is 17.6 Å². The van der Waals surface area contributed by atoms with Gasteiger partial charge in [0, 0.05) is 12.1 Å². The molecule has 1 aliphatic rings. The van der Waals surface area contributed by atoms with Gasteiger partial charge in [0.05, 0.1) is 10.6 Å². The molecule has 1 aliphatic heterocycles. The van der Waals surface area contributed by atoms with Crippen LogP contribution in [0.3, 0.4) is 0 Å². The Morgan fingerprint density at radius 1 is 1.26 bits per heavy atom. The summed E-state index contributed by atoms with van der Waals surface area (Å²) in [6, 6.07) is 5.44. The average Bonchev–Trinajstić information content (AvgIpc) is 2.93. The van der Waals surface area contributed by atoms with Gasteiger partial charge in [-0.2, -0.15) is 0 Å². The zero-order chi connectivity index (χ0) is 13.6. The van der Waals surface area contributed by atoms with Gasteiger partial charge in [0.2, 0.25) is 5.69 Å². The molecule has 0 unspecified atom stereocenters. The molecule has 19 heavy (non-hydrogen) atoms. The number of aromatic nitrogens is 3. The van der Waals surface area contributed by atoms with E-state index in [2.05, 4.69) is 15.0 Å². The van der Waals surface area contributed by atoms with Crippen molar-refractivity contribution in [3.8, 4) is 5.69 Å². The van der Waals surface area contributed by atoms with Crippen molar-refractivity contribution in [2.45, 2.75) is 0 Å². The van der Waals surface area contributed by atoms with E-state index in [4.69, 9.17) is 0 Å². The van der Waals surface area contributed by atoms with Crippen molar-refractivity contribution in [3.63, 3.8) is 0 Å². The summed E-state index contributed by atoms with van der Waals surface area (Å²) >= 11 is 0. The second-order valence-corrected chi connectivity index (χ2v) is 3.65. The van der Waals surface area contributed by atoms with Crippen LogP contribution in [-0.4, -0.2) is 31.9 Å². The van der Waals surface area contributed by atoms with E-state index in [1.165, 1.54) is 24.3 Å². The predicted octanol–water partition coefficient (Wildman–Crippen LogP) is 0.486. The van der Waals surface area contributed by atoms with Gasteiger partial charge in [-0.25, -0.2) is 14.3 Å². The second-order valence-electron chi connectivity index (χ2n) is 3.65. The van der Waals surface area contributed by atoms with Gasteiger partial charge >= 0.3 is 11.9 Å². The minimum atomic E-state index is -0.878. The van der Waals surface area contributed by atoms with E-state index in [-0.39, 0.29) is 22.8 Å². The molecule has 94 valence electrons. The van der Waals surface area contributed by atoms with Crippen LogP contribution >= 0.6 is 0 Å². The van der Waals surface area contributed by atoms with Gasteiger partial charge in [-0.1, -0.05) is 11.3 Å². The first-order valence-electron chi connectivity index (χ1n) is 5.05. The highest BCUT2D eigenvalue weighted by atomic mass is 16.6. The Morgan fingerprint density at radius 3 is 2.79 bits per heavy atom. The lowest BCUT2D eigenvalue weighted by Gasteiger charge is -2.01. The molecule has 1 aromatic heterocycles. The zero-order valence-electron chi connectivity index (χ0n) is 9.14. The molecule has 9 nitrogen and oxygen atoms in total. The smallest absolute Gasteiger partial charge is 0.369 e. The summed E-state index contributed by atoms with van der Waals surface area (Å²) in [7, 11) is 0. The van der Waals surface area contributed by atoms with Crippen molar-refractivity contribution in [1.82, 2.24) is 15.0 Å². The number of ether oxygens (including phenoxy) is 1. The molecule has 2 aromatic rings. The molecule has 0 bridgehead atoms. The molecule has 0 spiro atoms. The molecule has 2 heterocycles. The number of hydrogen-bond acceptors (Lipinski definition) is 7. The number of hydrogen-bond donors (Lipinski definition) is 0. The number of rotatable bonds is 2. The largest absolute Gasteiger partial charge is 0.383 e. The zero-order valence-corrected chi connectivity index (χ0v) is 9.14. The second kappa shape index (κ2) is 3.70. The lowest BCUT2D eigenvalue weighted by molar-refractivity contribution is -0.384. The minimum Gasteiger partial charge on any atom is -0.383 e. The van der Waals surface area contributed by atoms with Gasteiger partial charge in [0.25, 0.3) is 5.69 Å². The molecule has 0 atom stereocenters. The van der Waals surface area contributed by atoms with Gasteiger partial charge in [0.1, 0.15) is 0 Å². The normalized spacial score (nSPS) is 13.3. The highest BCUT2D eigenvalue weighted by Crippen LogP contribution is 2.22. The van der Waals surface area contributed by atoms with E-state index in [0.717, 1.165) is 4.68 Å². The van der Waals surface area contributed by atoms with Crippen LogP contribution in [0.25, 0.3) is 5.69 Å². The van der Waals surface area contributed by atoms with Gasteiger partial charge in [-0.05, 0) is 6.07 Å². The van der Waals surface area contributed by atoms with E-state index < -0.39 is 16.9 Å². The van der Waals surface area contributed by atoms with Gasteiger partial charge < -0.3 is 4.74 Å². The standard InChI is InChI=1S/C10H4N4O5/c15-9-7-8(10(16)19-9)13(12-11-7)5-2-1-3-6(4-5)14(17)18/h1-4H. The number of nitro groups is 1. The first-order valence-corrected chi connectivity index (χ1v) is 5.05. The van der Waals surface area contributed by atoms with Crippen LogP contribution in [0.4, 0.5) is 5.69 Å². The number of cyclic esters (lactones) is 2. The Kier molecular flexibility index (Phi) is 2.14. The van der Waals surface area contributed by atoms with E-state index in [1.807, 2.05) is 0 Å². The minimum absolute atomic E-state index is 0.134. The molecule has 0 amide bonds. The quantitative estimate of drug-likeness (QED) is 0.333. The molecule has 0 radical (unpaired) electrons. The monoisotopic (exact) mass is 260 g/mol. The molecular formula is C10H4N4O5. The van der Waals surface area contributed by atoms with E-state index in [1.54, 1.807) is 0 Å². The molecule has 1 aromatic carbocycles. The molecule has 9 heteroatoms. The van der Waals surface area contributed by atoms with Crippen LogP contribution in [0.2, 0.25) is 0 Å². The molecule has 0 saturated carbocycles. The predicted molar refractivity (Wildman–Crippen MR) is 57.8 cm³/mol. The summed E-state index contributed by atoms with van der Waals surface area (Å²) in [5, 5.41) is 17.8. The molecular weight excluding hydrogens is 256 g/mol. The van der Waals surface area contributed by atoms with Crippen LogP contribution in [0.1, 0.15) is 21.0 Å². The number of carbonyl (C=O) groups excluding carboxylic acids is 2. The van der Waals surface area contributed by atoms with Crippen molar-refractivity contribution in [2.24, 2.45) is 0 Å². The first kappa shape index (κ1) is 11.0. The highest BCUT2D eigenvalue weighted by molar-refractivity contribution is 6.12. The topological polar surface area (TPSA) is 117 Å². The van der Waals surface area contributed by atoms with Gasteiger partial charge in [-0.3, -0.25) is 10.1 Å². The molecule has 3 rings (SSSR count). The summed E-state index contributed by atoms with van der Waals surface area (Å²) in [6.07, 6.45) is 0. The molecule has 0 fully saturated rings. The molecule has 0 saturated heterocycles. The summed E-state index contributed by atoms with van der Waals surface area (Å²) in [5.74, 6) is -1.76. The third kappa shape index (κ3) is 1.56. The van der Waals surface area contributed by atoms with Gasteiger partial charge in [-0.15, -0.1) is 5.10 Å². The van der Waals surface area contributed by atoms with Crippen molar-refractivity contribution in [2.75, 3.05) is 0 Å². The van der Waals surface area contributed by atoms with Crippen molar-refractivity contribution in [3.05, 3.63) is 45.8 Å². The fraction of sp³-hybridized carbons (Fsp3) is 0. The number of benzene rings is 1. The summed E-state index contributed by atoms with van der Waals surface area (Å²) in [4.78, 5) is 32.8. The van der Waals surface area contributed by atoms with Crippen LogP contribution in [0.5, 0.6) is 0 Å². The van der Waals surface area contributed by atoms with Crippen LogP contribution in [-0.2, 0) is 4.74 Å². The van der Waals surface area contributed by atoms with Crippen LogP contribution < -0.4 is 0 Å². The van der Waals surface area contributed by atoms with Crippen LogP contribution in [0.15, 0.2) is 24.3 Å². The van der Waals surface area contributed by atoms with Crippen molar-refractivity contribution < 1.29 is 19.2 Å². The van der Waals surface area contributed by atoms with E-state index >= 15 is 0 Å². The lowest BCUT2D eigenvalue weighted by atomic mass is 10.2. The Hall–Kier alpha value is -3.10. The fourth-order valence-electron chi connectivity index (χ4n) is 1.70. The fourth-order valence-corrected chi connectivity index (χ4v) is 1.70. The third-order valence-electron chi connectivity index (χ3n) is 2.53. The number of fused-ring (bicyclic) bond motifs is 1. The summed E-state index contributed by atoms with van der Waals surface area (Å²) in [5.41, 5.74) is -0.254. The Balaban J connectivity index is 2.17. The highest BCUT2D eigenvalue weighted by Gasteiger charge is 2.37. The molecule has 0 aliphatic carbocycles. The maximum absolute atomic E-state index is 11.5. The van der Waals surface area contributed by atoms with Gasteiger partial charge in [0.15, 0.2) is 5.69 Å². The Labute approximate surface area is 104 Å². The maximum atomic E-state index is 11.5. The van der Waals surface area contributed by atoms with Crippen molar-refractivity contribution in [1.29, 1.82) is 0 Å². The third-order valence-corrected chi connectivity index (χ3v) is 2.53. The lowest BCUT2D eigenvalue weighted by Crippen LogP contribution is -2.08. The van der Waals surface area contributed by atoms with Crippen LogP contribution in [0, 0.1) is 10.1 Å². The molecule has 0 N–H and O–H groups in total. The SMILES string of the molecule is O=C1OC(=O)c2c1nnn2-c1cccc([N+](=O)[O-])c1. The summed E-state index contributed by atoms with van der Waals surface area (Å²) < 4.78 is 5.41. The number of nitro benzene ring substituents is 1. The van der Waals surface area contributed by atoms with E-state index in [9.17, 15) is 19.7 Å². The Bertz CT molecular complexity index is 735. The number of non-ortho nitro benzene ring substituents is 1. The number of nitrogens with zero attached hydrogens (tertiary/aromatic N) is 4. The van der Waals surface area contributed by atoms with E-state index in [0.29, 0.717) is 0 Å². The Morgan fingerprint density at radius 2 is 2.05 bits per heavy atom. The number of carbonyl (C=O) groups is 2. The number of esters is 2. The first-order chi connectivity index (χ1) is 9.08. The average molecular weight is 260 g/mol.